The fourth-order valence-electron chi connectivity index (χ4n) is 3.76. The van der Waals surface area contributed by atoms with Gasteiger partial charge in [0.05, 0.1) is 5.69 Å². The van der Waals surface area contributed by atoms with Crippen molar-refractivity contribution in [1.29, 1.82) is 0 Å². The predicted octanol–water partition coefficient (Wildman–Crippen LogP) is 4.42. The van der Waals surface area contributed by atoms with Gasteiger partial charge in [-0.1, -0.05) is 6.92 Å². The summed E-state index contributed by atoms with van der Waals surface area (Å²) in [6.45, 7) is 5.75. The molecule has 0 saturated heterocycles. The Morgan fingerprint density at radius 1 is 1.17 bits per heavy atom. The normalized spacial score (nSPS) is 19.4. The Hall–Kier alpha value is -2.77. The zero-order valence-corrected chi connectivity index (χ0v) is 16.7. The molecule has 1 aromatic carbocycles. The SMILES string of the molecule is CC1CCC(C(=O)N(c2nn(-c3ccc(F)c(F)c3)cc2C(=O)O)C(C)C)CC1. The highest BCUT2D eigenvalue weighted by Crippen LogP contribution is 2.32. The molecule has 1 amide bonds. The van der Waals surface area contributed by atoms with Crippen molar-refractivity contribution in [2.24, 2.45) is 11.8 Å². The van der Waals surface area contributed by atoms with Gasteiger partial charge in [0.1, 0.15) is 5.56 Å². The maximum absolute atomic E-state index is 13.6. The molecule has 1 aliphatic carbocycles. The Morgan fingerprint density at radius 2 is 1.83 bits per heavy atom. The van der Waals surface area contributed by atoms with Crippen LogP contribution in [0.3, 0.4) is 0 Å². The van der Waals surface area contributed by atoms with Crippen LogP contribution in [-0.4, -0.2) is 32.8 Å². The number of carboxylic acid groups (broad SMARTS) is 1. The molecular weight excluding hydrogens is 380 g/mol. The molecule has 156 valence electrons. The largest absolute Gasteiger partial charge is 0.477 e. The predicted molar refractivity (Wildman–Crippen MR) is 104 cm³/mol. The number of carbonyl (C=O) groups excluding carboxylic acids is 1. The molecule has 1 heterocycles. The highest BCUT2D eigenvalue weighted by molar-refractivity contribution is 6.01. The van der Waals surface area contributed by atoms with Crippen LogP contribution in [0, 0.1) is 23.5 Å². The van der Waals surface area contributed by atoms with E-state index < -0.39 is 17.6 Å². The highest BCUT2D eigenvalue weighted by Gasteiger charge is 2.34. The van der Waals surface area contributed by atoms with E-state index in [1.807, 2.05) is 0 Å². The van der Waals surface area contributed by atoms with Crippen LogP contribution < -0.4 is 4.90 Å². The van der Waals surface area contributed by atoms with Gasteiger partial charge in [-0.25, -0.2) is 18.3 Å². The molecule has 0 bridgehead atoms. The average molecular weight is 405 g/mol. The summed E-state index contributed by atoms with van der Waals surface area (Å²) in [5, 5.41) is 13.9. The summed E-state index contributed by atoms with van der Waals surface area (Å²) in [5.74, 6) is -3.05. The fraction of sp³-hybridized carbons (Fsp3) is 0.476. The number of rotatable bonds is 5. The second-order valence-corrected chi connectivity index (χ2v) is 7.97. The molecule has 0 spiro atoms. The number of carboxylic acids is 1. The molecule has 1 aromatic heterocycles. The minimum atomic E-state index is -1.25. The number of anilines is 1. The quantitative estimate of drug-likeness (QED) is 0.799. The van der Waals surface area contributed by atoms with E-state index >= 15 is 0 Å². The lowest BCUT2D eigenvalue weighted by Crippen LogP contribution is -2.43. The van der Waals surface area contributed by atoms with Crippen molar-refractivity contribution in [1.82, 2.24) is 9.78 Å². The summed E-state index contributed by atoms with van der Waals surface area (Å²) in [4.78, 5) is 26.5. The molecule has 1 saturated carbocycles. The van der Waals surface area contributed by atoms with Crippen LogP contribution >= 0.6 is 0 Å². The number of halogens is 2. The number of hydrogen-bond acceptors (Lipinski definition) is 3. The first-order valence-corrected chi connectivity index (χ1v) is 9.80. The van der Waals surface area contributed by atoms with Gasteiger partial charge in [-0.05, 0) is 57.6 Å². The molecule has 0 aliphatic heterocycles. The minimum Gasteiger partial charge on any atom is -0.477 e. The summed E-state index contributed by atoms with van der Waals surface area (Å²) >= 11 is 0. The molecule has 0 unspecified atom stereocenters. The van der Waals surface area contributed by atoms with E-state index in [4.69, 9.17) is 0 Å². The van der Waals surface area contributed by atoms with Gasteiger partial charge >= 0.3 is 5.97 Å². The zero-order valence-electron chi connectivity index (χ0n) is 16.7. The van der Waals surface area contributed by atoms with E-state index in [0.717, 1.165) is 42.5 Å². The molecule has 0 radical (unpaired) electrons. The molecule has 1 aliphatic rings. The lowest BCUT2D eigenvalue weighted by molar-refractivity contribution is -0.123. The molecule has 29 heavy (non-hydrogen) atoms. The Bertz CT molecular complexity index is 918. The first kappa shape index (κ1) is 21.0. The summed E-state index contributed by atoms with van der Waals surface area (Å²) in [6, 6.07) is 2.86. The highest BCUT2D eigenvalue weighted by atomic mass is 19.2. The molecule has 2 aromatic rings. The Kier molecular flexibility index (Phi) is 6.00. The van der Waals surface area contributed by atoms with Crippen molar-refractivity contribution in [3.05, 3.63) is 41.6 Å². The van der Waals surface area contributed by atoms with E-state index in [2.05, 4.69) is 12.0 Å². The Balaban J connectivity index is 2.01. The number of nitrogens with zero attached hydrogens (tertiary/aromatic N) is 3. The van der Waals surface area contributed by atoms with E-state index in [-0.39, 0.29) is 34.9 Å². The zero-order chi connectivity index (χ0) is 21.3. The van der Waals surface area contributed by atoms with Crippen molar-refractivity contribution >= 4 is 17.7 Å². The Labute approximate surface area is 168 Å². The third-order valence-electron chi connectivity index (χ3n) is 5.44. The number of benzene rings is 1. The van der Waals surface area contributed by atoms with E-state index in [0.29, 0.717) is 5.92 Å². The summed E-state index contributed by atoms with van der Waals surface area (Å²) < 4.78 is 28.0. The molecule has 3 rings (SSSR count). The molecule has 1 N–H and O–H groups in total. The van der Waals surface area contributed by atoms with Crippen molar-refractivity contribution in [2.75, 3.05) is 4.90 Å². The van der Waals surface area contributed by atoms with E-state index in [1.165, 1.54) is 17.2 Å². The van der Waals surface area contributed by atoms with Crippen LogP contribution in [0.4, 0.5) is 14.6 Å². The topological polar surface area (TPSA) is 75.4 Å². The van der Waals surface area contributed by atoms with Gasteiger partial charge in [-0.3, -0.25) is 9.69 Å². The van der Waals surface area contributed by atoms with Crippen LogP contribution in [0.15, 0.2) is 24.4 Å². The second kappa shape index (κ2) is 8.31. The minimum absolute atomic E-state index is 0.0147. The van der Waals surface area contributed by atoms with Gasteiger partial charge in [0, 0.05) is 24.2 Å². The third kappa shape index (κ3) is 4.31. The molecule has 8 heteroatoms. The number of amides is 1. The third-order valence-corrected chi connectivity index (χ3v) is 5.44. The second-order valence-electron chi connectivity index (χ2n) is 7.97. The van der Waals surface area contributed by atoms with Crippen LogP contribution in [0.2, 0.25) is 0 Å². The number of hydrogen-bond donors (Lipinski definition) is 1. The van der Waals surface area contributed by atoms with Gasteiger partial charge in [-0.15, -0.1) is 5.10 Å². The van der Waals surface area contributed by atoms with Crippen molar-refractivity contribution in [3.8, 4) is 5.69 Å². The van der Waals surface area contributed by atoms with Crippen molar-refractivity contribution < 1.29 is 23.5 Å². The van der Waals surface area contributed by atoms with Crippen LogP contribution in [0.25, 0.3) is 5.69 Å². The number of aromatic carboxylic acids is 1. The first-order valence-electron chi connectivity index (χ1n) is 9.80. The van der Waals surface area contributed by atoms with Crippen molar-refractivity contribution in [2.45, 2.75) is 52.5 Å². The lowest BCUT2D eigenvalue weighted by Gasteiger charge is -2.32. The standard InChI is InChI=1S/C21H25F2N3O3/c1-12(2)26(20(27)14-6-4-13(3)5-7-14)19-16(21(28)29)11-25(24-19)15-8-9-17(22)18(23)10-15/h8-14H,4-7H2,1-3H3,(H,28,29). The molecule has 0 atom stereocenters. The monoisotopic (exact) mass is 405 g/mol. The van der Waals surface area contributed by atoms with Gasteiger partial charge in [0.25, 0.3) is 0 Å². The smallest absolute Gasteiger partial charge is 0.341 e. The van der Waals surface area contributed by atoms with Gasteiger partial charge < -0.3 is 5.11 Å². The number of carbonyl (C=O) groups is 2. The maximum atomic E-state index is 13.6. The summed E-state index contributed by atoms with van der Waals surface area (Å²) in [6.07, 6.45) is 4.65. The fourth-order valence-corrected chi connectivity index (χ4v) is 3.76. The lowest BCUT2D eigenvalue weighted by atomic mass is 9.82. The molecule has 6 nitrogen and oxygen atoms in total. The van der Waals surface area contributed by atoms with Crippen LogP contribution in [0.1, 0.15) is 56.8 Å². The summed E-state index contributed by atoms with van der Waals surface area (Å²) in [7, 11) is 0. The number of aromatic nitrogens is 2. The van der Waals surface area contributed by atoms with Crippen LogP contribution in [0.5, 0.6) is 0 Å². The van der Waals surface area contributed by atoms with Crippen LogP contribution in [-0.2, 0) is 4.79 Å². The van der Waals surface area contributed by atoms with Crippen molar-refractivity contribution in [3.63, 3.8) is 0 Å². The summed E-state index contributed by atoms with van der Waals surface area (Å²) in [5.41, 5.74) is 0.00116. The Morgan fingerprint density at radius 3 is 2.38 bits per heavy atom. The van der Waals surface area contributed by atoms with Gasteiger partial charge in [0.2, 0.25) is 5.91 Å². The van der Waals surface area contributed by atoms with E-state index in [1.54, 1.807) is 13.8 Å². The average Bonchev–Trinajstić information content (AvgIpc) is 3.09. The molecule has 1 fully saturated rings. The maximum Gasteiger partial charge on any atom is 0.341 e. The molecular formula is C21H25F2N3O3. The van der Waals surface area contributed by atoms with Gasteiger partial charge in [-0.2, -0.15) is 0 Å². The van der Waals surface area contributed by atoms with Gasteiger partial charge in [0.15, 0.2) is 17.5 Å². The first-order chi connectivity index (χ1) is 13.7. The van der Waals surface area contributed by atoms with E-state index in [9.17, 15) is 23.5 Å².